The smallest absolute Gasteiger partial charge is 0.193 e. The molecule has 1 fully saturated rings. The van der Waals surface area contributed by atoms with E-state index >= 15 is 0 Å². The number of hydrogen-bond donors (Lipinski definition) is 1. The summed E-state index contributed by atoms with van der Waals surface area (Å²) in [5.74, 6) is 1.49. The van der Waals surface area contributed by atoms with Crippen LogP contribution in [0.15, 0.2) is 29.3 Å². The summed E-state index contributed by atoms with van der Waals surface area (Å²) < 4.78 is 18.6. The molecule has 0 aromatic heterocycles. The Bertz CT molecular complexity index is 486. The minimum Gasteiger partial charge on any atom is -0.381 e. The van der Waals surface area contributed by atoms with E-state index in [4.69, 9.17) is 4.74 Å². The van der Waals surface area contributed by atoms with E-state index in [0.717, 1.165) is 50.2 Å². The van der Waals surface area contributed by atoms with Crippen LogP contribution in [-0.2, 0) is 11.3 Å². The third kappa shape index (κ3) is 6.99. The lowest BCUT2D eigenvalue weighted by molar-refractivity contribution is 0.123. The first kappa shape index (κ1) is 17.7. The lowest BCUT2D eigenvalue weighted by Gasteiger charge is -2.22. The molecule has 0 bridgehead atoms. The lowest BCUT2D eigenvalue weighted by atomic mass is 10.2. The first-order valence-electron chi connectivity index (χ1n) is 8.50. The molecule has 0 unspecified atom stereocenters. The van der Waals surface area contributed by atoms with Gasteiger partial charge in [0.05, 0.1) is 0 Å². The maximum absolute atomic E-state index is 13.0. The van der Waals surface area contributed by atoms with Crippen LogP contribution in [0.25, 0.3) is 0 Å². The van der Waals surface area contributed by atoms with Crippen LogP contribution < -0.4 is 5.32 Å². The summed E-state index contributed by atoms with van der Waals surface area (Å²) in [6.45, 7) is 6.02. The van der Waals surface area contributed by atoms with Gasteiger partial charge in [-0.05, 0) is 49.8 Å². The second-order valence-corrected chi connectivity index (χ2v) is 6.09. The van der Waals surface area contributed by atoms with Gasteiger partial charge >= 0.3 is 0 Å². The number of ether oxygens (including phenoxy) is 1. The Balaban J connectivity index is 1.75. The Morgan fingerprint density at radius 2 is 2.09 bits per heavy atom. The first-order valence-corrected chi connectivity index (χ1v) is 8.50. The molecule has 128 valence electrons. The van der Waals surface area contributed by atoms with Gasteiger partial charge in [0.15, 0.2) is 5.96 Å². The van der Waals surface area contributed by atoms with Gasteiger partial charge in [0, 0.05) is 39.9 Å². The molecule has 1 aromatic rings. The van der Waals surface area contributed by atoms with E-state index in [1.54, 1.807) is 12.1 Å². The fraction of sp³-hybridized carbons (Fsp3) is 0.611. The standard InChI is InChI=1S/C18H28FN3O/c1-3-20-18(21-11-4-12-23-14-16-5-6-16)22(2)13-15-7-9-17(19)10-8-15/h7-10,16H,3-6,11-14H2,1-2H3,(H,20,21). The molecule has 0 amide bonds. The second-order valence-electron chi connectivity index (χ2n) is 6.09. The van der Waals surface area contributed by atoms with E-state index in [0.29, 0.717) is 6.54 Å². The molecule has 0 radical (unpaired) electrons. The van der Waals surface area contributed by atoms with Crippen molar-refractivity contribution >= 4 is 5.96 Å². The Morgan fingerprint density at radius 3 is 2.74 bits per heavy atom. The number of rotatable bonds is 9. The number of nitrogens with zero attached hydrogens (tertiary/aromatic N) is 2. The quantitative estimate of drug-likeness (QED) is 0.431. The maximum atomic E-state index is 13.0. The first-order chi connectivity index (χ1) is 11.2. The van der Waals surface area contributed by atoms with E-state index in [9.17, 15) is 4.39 Å². The maximum Gasteiger partial charge on any atom is 0.193 e. The van der Waals surface area contributed by atoms with Crippen LogP contribution in [0.3, 0.4) is 0 Å². The van der Waals surface area contributed by atoms with Crippen LogP contribution in [-0.4, -0.2) is 44.2 Å². The van der Waals surface area contributed by atoms with Crippen LogP contribution in [0, 0.1) is 11.7 Å². The molecule has 1 aliphatic rings. The molecule has 4 nitrogen and oxygen atoms in total. The van der Waals surface area contributed by atoms with Crippen LogP contribution in [0.1, 0.15) is 31.7 Å². The van der Waals surface area contributed by atoms with Gasteiger partial charge in [-0.15, -0.1) is 0 Å². The summed E-state index contributed by atoms with van der Waals surface area (Å²) in [5.41, 5.74) is 1.06. The average Bonchev–Trinajstić information content (AvgIpc) is 3.36. The normalized spacial score (nSPS) is 14.8. The zero-order chi connectivity index (χ0) is 16.5. The summed E-state index contributed by atoms with van der Waals surface area (Å²) in [4.78, 5) is 6.69. The molecule has 1 saturated carbocycles. The van der Waals surface area contributed by atoms with Gasteiger partial charge in [-0.3, -0.25) is 4.99 Å². The number of nitrogens with one attached hydrogen (secondary N) is 1. The van der Waals surface area contributed by atoms with Crippen LogP contribution in [0.4, 0.5) is 4.39 Å². The van der Waals surface area contributed by atoms with Crippen molar-refractivity contribution < 1.29 is 9.13 Å². The van der Waals surface area contributed by atoms with Gasteiger partial charge in [0.2, 0.25) is 0 Å². The van der Waals surface area contributed by atoms with Gasteiger partial charge in [-0.2, -0.15) is 0 Å². The fourth-order valence-electron chi connectivity index (χ4n) is 2.29. The molecule has 1 aliphatic carbocycles. The van der Waals surface area contributed by atoms with Crippen molar-refractivity contribution in [1.82, 2.24) is 10.2 Å². The molecule has 0 atom stereocenters. The van der Waals surface area contributed by atoms with E-state index in [2.05, 4.69) is 22.1 Å². The number of hydrogen-bond acceptors (Lipinski definition) is 2. The summed E-state index contributed by atoms with van der Waals surface area (Å²) in [6.07, 6.45) is 3.60. The van der Waals surface area contributed by atoms with Crippen molar-refractivity contribution in [2.24, 2.45) is 10.9 Å². The Morgan fingerprint density at radius 1 is 1.35 bits per heavy atom. The SMILES string of the molecule is CCNC(=NCCCOCC1CC1)N(C)Cc1ccc(F)cc1. The van der Waals surface area contributed by atoms with Crippen molar-refractivity contribution in [3.8, 4) is 0 Å². The predicted molar refractivity (Wildman–Crippen MR) is 92.0 cm³/mol. The number of aliphatic imine (C=N–C) groups is 1. The molecule has 0 saturated heterocycles. The molecule has 1 N–H and O–H groups in total. The highest BCUT2D eigenvalue weighted by Crippen LogP contribution is 2.28. The molecule has 0 heterocycles. The monoisotopic (exact) mass is 321 g/mol. The number of benzene rings is 1. The number of guanidine groups is 1. The Hall–Kier alpha value is -1.62. The summed E-state index contributed by atoms with van der Waals surface area (Å²) in [7, 11) is 1.99. The molecular weight excluding hydrogens is 293 g/mol. The van der Waals surface area contributed by atoms with E-state index in [-0.39, 0.29) is 5.82 Å². The zero-order valence-electron chi connectivity index (χ0n) is 14.2. The summed E-state index contributed by atoms with van der Waals surface area (Å²) in [6, 6.07) is 6.59. The highest BCUT2D eigenvalue weighted by Gasteiger charge is 2.20. The molecule has 0 aliphatic heterocycles. The Labute approximate surface area is 138 Å². The minimum atomic E-state index is -0.205. The predicted octanol–water partition coefficient (Wildman–Crippen LogP) is 3.04. The van der Waals surface area contributed by atoms with Crippen molar-refractivity contribution in [1.29, 1.82) is 0 Å². The lowest BCUT2D eigenvalue weighted by Crippen LogP contribution is -2.38. The average molecular weight is 321 g/mol. The second kappa shape index (κ2) is 9.50. The van der Waals surface area contributed by atoms with Gasteiger partial charge in [0.25, 0.3) is 0 Å². The van der Waals surface area contributed by atoms with Gasteiger partial charge in [-0.1, -0.05) is 12.1 Å². The van der Waals surface area contributed by atoms with Gasteiger partial charge in [0.1, 0.15) is 5.82 Å². The largest absolute Gasteiger partial charge is 0.381 e. The molecular formula is C18H28FN3O. The highest BCUT2D eigenvalue weighted by atomic mass is 19.1. The van der Waals surface area contributed by atoms with Gasteiger partial charge in [-0.25, -0.2) is 4.39 Å². The highest BCUT2D eigenvalue weighted by molar-refractivity contribution is 5.79. The summed E-state index contributed by atoms with van der Waals surface area (Å²) >= 11 is 0. The van der Waals surface area contributed by atoms with Crippen LogP contribution in [0.2, 0.25) is 0 Å². The summed E-state index contributed by atoms with van der Waals surface area (Å²) in [5, 5.41) is 3.29. The molecule has 0 spiro atoms. The number of halogens is 1. The fourth-order valence-corrected chi connectivity index (χ4v) is 2.29. The third-order valence-electron chi connectivity index (χ3n) is 3.79. The van der Waals surface area contributed by atoms with Crippen molar-refractivity contribution in [2.75, 3.05) is 33.4 Å². The van der Waals surface area contributed by atoms with E-state index in [1.165, 1.54) is 25.0 Å². The minimum absolute atomic E-state index is 0.205. The molecule has 1 aromatic carbocycles. The van der Waals surface area contributed by atoms with E-state index < -0.39 is 0 Å². The molecule has 2 rings (SSSR count). The van der Waals surface area contributed by atoms with Crippen molar-refractivity contribution in [3.05, 3.63) is 35.6 Å². The van der Waals surface area contributed by atoms with Crippen LogP contribution in [0.5, 0.6) is 0 Å². The van der Waals surface area contributed by atoms with E-state index in [1.807, 2.05) is 7.05 Å². The van der Waals surface area contributed by atoms with Gasteiger partial charge < -0.3 is 15.0 Å². The van der Waals surface area contributed by atoms with Crippen molar-refractivity contribution in [3.63, 3.8) is 0 Å². The topological polar surface area (TPSA) is 36.9 Å². The molecule has 23 heavy (non-hydrogen) atoms. The molecule has 5 heteroatoms. The zero-order valence-corrected chi connectivity index (χ0v) is 14.2. The Kier molecular flexibility index (Phi) is 7.33. The van der Waals surface area contributed by atoms with Crippen molar-refractivity contribution in [2.45, 2.75) is 32.7 Å². The third-order valence-corrected chi connectivity index (χ3v) is 3.79. The van der Waals surface area contributed by atoms with Crippen LogP contribution >= 0.6 is 0 Å².